The Balaban J connectivity index is 1.75. The molecule has 4 nitrogen and oxygen atoms in total. The fourth-order valence-electron chi connectivity index (χ4n) is 2.82. The molecular formula is C17H21N3O. The third-order valence-corrected chi connectivity index (χ3v) is 4.01. The van der Waals surface area contributed by atoms with Crippen LogP contribution in [-0.4, -0.2) is 17.7 Å². The van der Waals surface area contributed by atoms with E-state index in [1.165, 1.54) is 24.1 Å². The highest BCUT2D eigenvalue weighted by molar-refractivity contribution is 5.55. The first-order valence-electron chi connectivity index (χ1n) is 7.47. The van der Waals surface area contributed by atoms with Crippen LogP contribution in [0.2, 0.25) is 0 Å². The van der Waals surface area contributed by atoms with Crippen LogP contribution in [0.25, 0.3) is 0 Å². The Hall–Kier alpha value is -2.23. The van der Waals surface area contributed by atoms with Crippen molar-refractivity contribution in [1.82, 2.24) is 4.57 Å². The van der Waals surface area contributed by atoms with Gasteiger partial charge in [-0.2, -0.15) is 0 Å². The van der Waals surface area contributed by atoms with Crippen molar-refractivity contribution < 1.29 is 0 Å². The van der Waals surface area contributed by atoms with E-state index >= 15 is 0 Å². The van der Waals surface area contributed by atoms with Crippen molar-refractivity contribution in [3.05, 3.63) is 58.5 Å². The van der Waals surface area contributed by atoms with Gasteiger partial charge in [0, 0.05) is 44.6 Å². The summed E-state index contributed by atoms with van der Waals surface area (Å²) in [4.78, 5) is 13.9. The zero-order valence-electron chi connectivity index (χ0n) is 12.4. The number of anilines is 2. The second kappa shape index (κ2) is 6.04. The number of benzene rings is 1. The molecule has 4 heteroatoms. The molecule has 0 saturated carbocycles. The number of aryl methyl sites for hydroxylation is 1. The molecule has 1 fully saturated rings. The first-order valence-corrected chi connectivity index (χ1v) is 7.47. The third-order valence-electron chi connectivity index (χ3n) is 4.01. The first kappa shape index (κ1) is 13.7. The summed E-state index contributed by atoms with van der Waals surface area (Å²) in [6.07, 6.45) is 4.39. The van der Waals surface area contributed by atoms with E-state index in [1.54, 1.807) is 17.7 Å². The molecule has 2 aromatic rings. The van der Waals surface area contributed by atoms with Crippen molar-refractivity contribution >= 4 is 11.4 Å². The highest BCUT2D eigenvalue weighted by Crippen LogP contribution is 2.25. The number of pyridine rings is 1. The minimum atomic E-state index is 0.0121. The Morgan fingerprint density at radius 2 is 1.86 bits per heavy atom. The van der Waals surface area contributed by atoms with Gasteiger partial charge in [0.1, 0.15) is 0 Å². The average molecular weight is 283 g/mol. The summed E-state index contributed by atoms with van der Waals surface area (Å²) in [5.41, 5.74) is 3.60. The summed E-state index contributed by atoms with van der Waals surface area (Å²) >= 11 is 0. The topological polar surface area (TPSA) is 37.3 Å². The number of nitrogens with zero attached hydrogens (tertiary/aromatic N) is 2. The molecule has 1 saturated heterocycles. The standard InChI is InChI=1S/C17H21N3O/c1-19-13-15(8-9-17(19)21)18-12-14-6-2-3-7-16(14)20-10-4-5-11-20/h2-3,6-9,13,18H,4-5,10-12H2,1H3. The van der Waals surface area contributed by atoms with Gasteiger partial charge in [-0.05, 0) is 30.5 Å². The van der Waals surface area contributed by atoms with Crippen molar-refractivity contribution in [2.45, 2.75) is 19.4 Å². The summed E-state index contributed by atoms with van der Waals surface area (Å²) < 4.78 is 1.59. The Morgan fingerprint density at radius 3 is 2.62 bits per heavy atom. The normalized spacial score (nSPS) is 14.4. The van der Waals surface area contributed by atoms with Crippen molar-refractivity contribution in [2.24, 2.45) is 7.05 Å². The first-order chi connectivity index (χ1) is 10.2. The maximum Gasteiger partial charge on any atom is 0.250 e. The van der Waals surface area contributed by atoms with Gasteiger partial charge in [0.05, 0.1) is 5.69 Å². The predicted octanol–water partition coefficient (Wildman–Crippen LogP) is 2.60. The van der Waals surface area contributed by atoms with Gasteiger partial charge >= 0.3 is 0 Å². The maximum atomic E-state index is 11.4. The number of hydrogen-bond acceptors (Lipinski definition) is 3. The smallest absolute Gasteiger partial charge is 0.250 e. The largest absolute Gasteiger partial charge is 0.380 e. The van der Waals surface area contributed by atoms with Gasteiger partial charge in [-0.15, -0.1) is 0 Å². The third kappa shape index (κ3) is 3.10. The minimum absolute atomic E-state index is 0.0121. The zero-order chi connectivity index (χ0) is 14.7. The van der Waals surface area contributed by atoms with Crippen LogP contribution >= 0.6 is 0 Å². The van der Waals surface area contributed by atoms with Crippen LogP contribution in [-0.2, 0) is 13.6 Å². The van der Waals surface area contributed by atoms with Crippen LogP contribution in [0.5, 0.6) is 0 Å². The second-order valence-electron chi connectivity index (χ2n) is 5.54. The number of rotatable bonds is 4. The van der Waals surface area contributed by atoms with E-state index in [0.29, 0.717) is 0 Å². The monoisotopic (exact) mass is 283 g/mol. The van der Waals surface area contributed by atoms with Crippen molar-refractivity contribution in [3.63, 3.8) is 0 Å². The van der Waals surface area contributed by atoms with E-state index in [1.807, 2.05) is 12.3 Å². The molecule has 110 valence electrons. The molecule has 1 aromatic heterocycles. The molecule has 0 amide bonds. The molecule has 1 aromatic carbocycles. The van der Waals surface area contributed by atoms with E-state index in [9.17, 15) is 4.79 Å². The van der Waals surface area contributed by atoms with Crippen molar-refractivity contribution in [3.8, 4) is 0 Å². The number of aromatic nitrogens is 1. The summed E-state index contributed by atoms with van der Waals surface area (Å²) in [7, 11) is 1.77. The number of hydrogen-bond donors (Lipinski definition) is 1. The van der Waals surface area contributed by atoms with Gasteiger partial charge in [-0.25, -0.2) is 0 Å². The molecule has 21 heavy (non-hydrogen) atoms. The highest BCUT2D eigenvalue weighted by Gasteiger charge is 2.14. The van der Waals surface area contributed by atoms with Crippen LogP contribution in [0.15, 0.2) is 47.4 Å². The Labute approximate surface area is 125 Å². The summed E-state index contributed by atoms with van der Waals surface area (Å²) in [5, 5.41) is 3.41. The van der Waals surface area contributed by atoms with E-state index in [2.05, 4.69) is 34.5 Å². The lowest BCUT2D eigenvalue weighted by atomic mass is 10.1. The Bertz CT molecular complexity index is 672. The highest BCUT2D eigenvalue weighted by atomic mass is 16.1. The van der Waals surface area contributed by atoms with Crippen LogP contribution in [0.1, 0.15) is 18.4 Å². The van der Waals surface area contributed by atoms with Crippen LogP contribution < -0.4 is 15.8 Å². The number of para-hydroxylation sites is 1. The molecule has 0 aliphatic carbocycles. The van der Waals surface area contributed by atoms with Gasteiger partial charge in [0.15, 0.2) is 0 Å². The molecule has 0 spiro atoms. The maximum absolute atomic E-state index is 11.4. The predicted molar refractivity (Wildman–Crippen MR) is 86.9 cm³/mol. The van der Waals surface area contributed by atoms with Crippen LogP contribution in [0.3, 0.4) is 0 Å². The molecule has 0 radical (unpaired) electrons. The Kier molecular flexibility index (Phi) is 3.95. The lowest BCUT2D eigenvalue weighted by Gasteiger charge is -2.21. The van der Waals surface area contributed by atoms with E-state index in [4.69, 9.17) is 0 Å². The zero-order valence-corrected chi connectivity index (χ0v) is 12.4. The van der Waals surface area contributed by atoms with Crippen LogP contribution in [0, 0.1) is 0 Å². The lowest BCUT2D eigenvalue weighted by Crippen LogP contribution is -2.20. The minimum Gasteiger partial charge on any atom is -0.380 e. The SMILES string of the molecule is Cn1cc(NCc2ccccc2N2CCCC2)ccc1=O. The van der Waals surface area contributed by atoms with Crippen molar-refractivity contribution in [2.75, 3.05) is 23.3 Å². The van der Waals surface area contributed by atoms with E-state index < -0.39 is 0 Å². The van der Waals surface area contributed by atoms with E-state index in [0.717, 1.165) is 25.3 Å². The molecular weight excluding hydrogens is 262 g/mol. The molecule has 0 unspecified atom stereocenters. The summed E-state index contributed by atoms with van der Waals surface area (Å²) in [6, 6.07) is 12.0. The van der Waals surface area contributed by atoms with Gasteiger partial charge in [0.2, 0.25) is 5.56 Å². The lowest BCUT2D eigenvalue weighted by molar-refractivity contribution is 0.859. The quantitative estimate of drug-likeness (QED) is 0.937. The number of nitrogens with one attached hydrogen (secondary N) is 1. The summed E-state index contributed by atoms with van der Waals surface area (Å²) in [5.74, 6) is 0. The molecule has 1 N–H and O–H groups in total. The fourth-order valence-corrected chi connectivity index (χ4v) is 2.82. The Morgan fingerprint density at radius 1 is 1.10 bits per heavy atom. The molecule has 2 heterocycles. The second-order valence-corrected chi connectivity index (χ2v) is 5.54. The van der Waals surface area contributed by atoms with Gasteiger partial charge < -0.3 is 14.8 Å². The molecule has 1 aliphatic heterocycles. The molecule has 0 atom stereocenters. The van der Waals surface area contributed by atoms with Crippen LogP contribution in [0.4, 0.5) is 11.4 Å². The van der Waals surface area contributed by atoms with Gasteiger partial charge in [-0.3, -0.25) is 4.79 Å². The average Bonchev–Trinajstić information content (AvgIpc) is 3.03. The molecule has 3 rings (SSSR count). The van der Waals surface area contributed by atoms with Gasteiger partial charge in [0.25, 0.3) is 0 Å². The van der Waals surface area contributed by atoms with Gasteiger partial charge in [-0.1, -0.05) is 18.2 Å². The van der Waals surface area contributed by atoms with Crippen molar-refractivity contribution in [1.29, 1.82) is 0 Å². The molecule has 0 bridgehead atoms. The summed E-state index contributed by atoms with van der Waals surface area (Å²) in [6.45, 7) is 3.07. The van der Waals surface area contributed by atoms with E-state index in [-0.39, 0.29) is 5.56 Å². The fraction of sp³-hybridized carbons (Fsp3) is 0.353. The molecule has 1 aliphatic rings.